The largest absolute Gasteiger partial charge is 0.397 e. The van der Waals surface area contributed by atoms with Crippen molar-refractivity contribution in [3.05, 3.63) is 113 Å². The molecule has 0 bridgehead atoms. The number of hydrogen-bond acceptors (Lipinski definition) is 7. The van der Waals surface area contributed by atoms with Crippen LogP contribution in [0.3, 0.4) is 0 Å². The van der Waals surface area contributed by atoms with Crippen LogP contribution in [0.5, 0.6) is 0 Å². The van der Waals surface area contributed by atoms with Crippen molar-refractivity contribution in [1.29, 1.82) is 5.41 Å². The van der Waals surface area contributed by atoms with E-state index in [-0.39, 0.29) is 28.4 Å². The van der Waals surface area contributed by atoms with Crippen molar-refractivity contribution in [2.24, 2.45) is 0 Å². The summed E-state index contributed by atoms with van der Waals surface area (Å²) in [6, 6.07) is 4.12. The molecule has 6 nitrogen and oxygen atoms in total. The van der Waals surface area contributed by atoms with Crippen molar-refractivity contribution >= 4 is 34.0 Å². The van der Waals surface area contributed by atoms with E-state index in [1.54, 1.807) is 42.7 Å². The summed E-state index contributed by atoms with van der Waals surface area (Å²) in [4.78, 5) is 10.9. The van der Waals surface area contributed by atoms with Crippen molar-refractivity contribution in [2.75, 3.05) is 11.1 Å². The minimum Gasteiger partial charge on any atom is -0.397 e. The fourth-order valence-electron chi connectivity index (χ4n) is 4.07. The van der Waals surface area contributed by atoms with Crippen molar-refractivity contribution < 1.29 is 4.39 Å². The second kappa shape index (κ2) is 13.7. The average Bonchev–Trinajstić information content (AvgIpc) is 3.37. The fraction of sp³-hybridized carbons (Fsp3) is 0.219. The summed E-state index contributed by atoms with van der Waals surface area (Å²) in [6.45, 7) is 19.9. The number of nitrogen functional groups attached to an aromatic ring is 1. The lowest BCUT2D eigenvalue weighted by Gasteiger charge is -2.17. The third-order valence-electron chi connectivity index (χ3n) is 6.38. The number of nitrogens with one attached hydrogen (secondary N) is 3. The minimum absolute atomic E-state index is 0.0429. The molecule has 0 saturated carbocycles. The first kappa shape index (κ1) is 30.2. The van der Waals surface area contributed by atoms with Gasteiger partial charge in [0, 0.05) is 38.5 Å². The summed E-state index contributed by atoms with van der Waals surface area (Å²) in [5, 5.41) is 15.2. The molecule has 0 fully saturated rings. The van der Waals surface area contributed by atoms with Crippen LogP contribution in [-0.4, -0.2) is 15.7 Å². The third-order valence-corrected chi connectivity index (χ3v) is 7.41. The zero-order valence-corrected chi connectivity index (χ0v) is 24.4. The Labute approximate surface area is 240 Å². The van der Waals surface area contributed by atoms with E-state index in [2.05, 4.69) is 66.3 Å². The number of unbranched alkanes of at least 4 members (excludes halogenated alkanes) is 1. The molecule has 0 radical (unpaired) electrons. The maximum absolute atomic E-state index is 16.0. The second-order valence-corrected chi connectivity index (χ2v) is 10.7. The van der Waals surface area contributed by atoms with E-state index in [1.807, 2.05) is 13.1 Å². The zero-order valence-electron chi connectivity index (χ0n) is 23.6. The van der Waals surface area contributed by atoms with Gasteiger partial charge in [-0.2, -0.15) is 0 Å². The molecule has 0 spiro atoms. The average molecular weight is 557 g/mol. The standard InChI is InChI=1S/C32H37FN6S/c1-8-11-12-19(4)38-24(10-3)15-23(9-2)32-30(33)29(26(34)17-37-32)31(35)22(7)39-27-18-36-16-25(21(27)6)28-14-13-20(5)40-28/h9-10,13-18,35,38-39H,3-4,7-8,11-12,34H2,1-2,5-6H3/b23-9+,24-15+,35-31?. The first-order valence-electron chi connectivity index (χ1n) is 13.1. The molecule has 3 heterocycles. The Balaban J connectivity index is 1.90. The Kier molecular flexibility index (Phi) is 10.3. The second-order valence-electron chi connectivity index (χ2n) is 9.38. The van der Waals surface area contributed by atoms with Crippen molar-refractivity contribution in [3.8, 4) is 10.4 Å². The number of nitrogens with zero attached hydrogens (tertiary/aromatic N) is 2. The lowest BCUT2D eigenvalue weighted by Crippen LogP contribution is -2.17. The van der Waals surface area contributed by atoms with Gasteiger partial charge in [0.2, 0.25) is 0 Å². The quantitative estimate of drug-likeness (QED) is 0.125. The Morgan fingerprint density at radius 1 is 1.20 bits per heavy atom. The Bertz CT molecular complexity index is 1510. The van der Waals surface area contributed by atoms with Gasteiger partial charge in [-0.1, -0.05) is 39.2 Å². The topological polar surface area (TPSA) is 99.7 Å². The zero-order chi connectivity index (χ0) is 29.4. The summed E-state index contributed by atoms with van der Waals surface area (Å²) in [5.41, 5.74) is 10.8. The number of thiophene rings is 1. The van der Waals surface area contributed by atoms with E-state index >= 15 is 4.39 Å². The Morgan fingerprint density at radius 3 is 2.58 bits per heavy atom. The SMILES string of the molecule is C=C/C(=C\C(=C/C)c1ncc(N)c(C(=N)C(=C)Nc2cncc(-c3ccc(C)s3)c2C)c1F)NC(=C)CCCC. The van der Waals surface area contributed by atoms with Crippen LogP contribution < -0.4 is 16.4 Å². The van der Waals surface area contributed by atoms with Gasteiger partial charge in [-0.3, -0.25) is 15.4 Å². The van der Waals surface area contributed by atoms with Gasteiger partial charge in [0.05, 0.1) is 40.7 Å². The van der Waals surface area contributed by atoms with E-state index in [4.69, 9.17) is 11.1 Å². The van der Waals surface area contributed by atoms with Crippen LogP contribution in [0.4, 0.5) is 15.8 Å². The lowest BCUT2D eigenvalue weighted by molar-refractivity contribution is 0.615. The maximum atomic E-state index is 16.0. The molecule has 8 heteroatoms. The molecule has 0 aliphatic heterocycles. The first-order valence-corrected chi connectivity index (χ1v) is 13.9. The van der Waals surface area contributed by atoms with Crippen molar-refractivity contribution in [2.45, 2.75) is 47.0 Å². The smallest absolute Gasteiger partial charge is 0.160 e. The van der Waals surface area contributed by atoms with Crippen LogP contribution >= 0.6 is 11.3 Å². The molecule has 0 saturated heterocycles. The summed E-state index contributed by atoms with van der Waals surface area (Å²) in [7, 11) is 0. The Hall–Kier alpha value is -4.30. The van der Waals surface area contributed by atoms with Crippen LogP contribution in [0.15, 0.2) is 85.8 Å². The van der Waals surface area contributed by atoms with E-state index in [0.29, 0.717) is 17.0 Å². The van der Waals surface area contributed by atoms with Gasteiger partial charge in [0.1, 0.15) is 5.69 Å². The molecule has 3 aromatic heterocycles. The lowest BCUT2D eigenvalue weighted by atomic mass is 10.0. The molecule has 0 unspecified atom stereocenters. The molecule has 5 N–H and O–H groups in total. The summed E-state index contributed by atoms with van der Waals surface area (Å²) in [5.74, 6) is -0.705. The highest BCUT2D eigenvalue weighted by Gasteiger charge is 2.21. The number of rotatable bonds is 13. The number of halogens is 1. The minimum atomic E-state index is -0.705. The van der Waals surface area contributed by atoms with Gasteiger partial charge >= 0.3 is 0 Å². The molecule has 0 amide bonds. The molecule has 0 aliphatic carbocycles. The molecular weight excluding hydrogens is 519 g/mol. The number of nitrogens with two attached hydrogens (primary N) is 1. The normalized spacial score (nSPS) is 11.7. The van der Waals surface area contributed by atoms with Gasteiger partial charge < -0.3 is 16.4 Å². The molecular formula is C32H37FN6S. The van der Waals surface area contributed by atoms with Crippen molar-refractivity contribution in [1.82, 2.24) is 15.3 Å². The highest BCUT2D eigenvalue weighted by molar-refractivity contribution is 7.15. The van der Waals surface area contributed by atoms with Crippen LogP contribution in [-0.2, 0) is 0 Å². The maximum Gasteiger partial charge on any atom is 0.160 e. The third kappa shape index (κ3) is 7.01. The number of anilines is 2. The molecule has 0 aliphatic rings. The van der Waals surface area contributed by atoms with Gasteiger partial charge in [-0.15, -0.1) is 11.3 Å². The summed E-state index contributed by atoms with van der Waals surface area (Å²) >= 11 is 1.68. The Morgan fingerprint density at radius 2 is 1.95 bits per heavy atom. The monoisotopic (exact) mass is 556 g/mol. The molecule has 0 aromatic carbocycles. The van der Waals surface area contributed by atoms with E-state index in [0.717, 1.165) is 41.0 Å². The highest BCUT2D eigenvalue weighted by atomic mass is 32.1. The van der Waals surface area contributed by atoms with Crippen LogP contribution in [0.25, 0.3) is 16.0 Å². The van der Waals surface area contributed by atoms with E-state index < -0.39 is 5.82 Å². The molecule has 3 rings (SSSR count). The van der Waals surface area contributed by atoms with Crippen LogP contribution in [0.1, 0.15) is 54.8 Å². The first-order chi connectivity index (χ1) is 19.1. The summed E-state index contributed by atoms with van der Waals surface area (Å²) < 4.78 is 16.0. The van der Waals surface area contributed by atoms with E-state index in [9.17, 15) is 0 Å². The fourth-order valence-corrected chi connectivity index (χ4v) is 5.00. The highest BCUT2D eigenvalue weighted by Crippen LogP contribution is 2.33. The molecule has 3 aromatic rings. The van der Waals surface area contributed by atoms with E-state index in [1.165, 1.54) is 11.1 Å². The van der Waals surface area contributed by atoms with Crippen LogP contribution in [0, 0.1) is 25.1 Å². The molecule has 0 atom stereocenters. The number of aryl methyl sites for hydroxylation is 1. The number of pyridine rings is 2. The van der Waals surface area contributed by atoms with Gasteiger partial charge in [-0.05, 0) is 63.5 Å². The van der Waals surface area contributed by atoms with Gasteiger partial charge in [-0.25, -0.2) is 4.39 Å². The predicted octanol–water partition coefficient (Wildman–Crippen LogP) is 8.30. The number of aromatic nitrogens is 2. The number of hydrogen-bond donors (Lipinski definition) is 4. The summed E-state index contributed by atoms with van der Waals surface area (Å²) in [6.07, 6.45) is 12.9. The molecule has 40 heavy (non-hydrogen) atoms. The predicted molar refractivity (Wildman–Crippen MR) is 169 cm³/mol. The molecule has 208 valence electrons. The van der Waals surface area contributed by atoms with Crippen LogP contribution in [0.2, 0.25) is 0 Å². The van der Waals surface area contributed by atoms with Gasteiger partial charge in [0.15, 0.2) is 5.82 Å². The number of allylic oxidation sites excluding steroid dienone is 6. The van der Waals surface area contributed by atoms with Gasteiger partial charge in [0.25, 0.3) is 0 Å². The van der Waals surface area contributed by atoms with Crippen molar-refractivity contribution in [3.63, 3.8) is 0 Å².